The van der Waals surface area contributed by atoms with Gasteiger partial charge in [-0.2, -0.15) is 4.31 Å². The van der Waals surface area contributed by atoms with E-state index in [0.717, 1.165) is 16.5 Å². The van der Waals surface area contributed by atoms with E-state index in [1.54, 1.807) is 4.90 Å². The molecule has 31 heavy (non-hydrogen) atoms. The number of nitro groups is 1. The molecule has 0 N–H and O–H groups in total. The van der Waals surface area contributed by atoms with Crippen LogP contribution in [0.5, 0.6) is 0 Å². The van der Waals surface area contributed by atoms with Gasteiger partial charge >= 0.3 is 0 Å². The zero-order valence-corrected chi connectivity index (χ0v) is 17.9. The van der Waals surface area contributed by atoms with Crippen LogP contribution in [0.3, 0.4) is 0 Å². The van der Waals surface area contributed by atoms with E-state index < -0.39 is 20.6 Å². The van der Waals surface area contributed by atoms with Crippen molar-refractivity contribution in [2.75, 3.05) is 26.2 Å². The van der Waals surface area contributed by atoms with Crippen LogP contribution in [-0.4, -0.2) is 54.6 Å². The molecule has 2 heterocycles. The number of piperazine rings is 1. The van der Waals surface area contributed by atoms with Crippen molar-refractivity contribution in [2.45, 2.75) is 18.7 Å². The first-order chi connectivity index (χ1) is 14.7. The predicted molar refractivity (Wildman–Crippen MR) is 113 cm³/mol. The Hall–Kier alpha value is -3.24. The molecule has 4 rings (SSSR count). The average Bonchev–Trinajstić information content (AvgIpc) is 3.11. The van der Waals surface area contributed by atoms with Gasteiger partial charge in [0.05, 0.1) is 4.92 Å². The van der Waals surface area contributed by atoms with Crippen LogP contribution in [0, 0.1) is 24.0 Å². The van der Waals surface area contributed by atoms with E-state index in [2.05, 4.69) is 0 Å². The van der Waals surface area contributed by atoms with Gasteiger partial charge in [0.1, 0.15) is 5.58 Å². The fraction of sp³-hybridized carbons (Fsp3) is 0.286. The van der Waals surface area contributed by atoms with Crippen LogP contribution in [0.4, 0.5) is 5.69 Å². The number of hydrogen-bond acceptors (Lipinski definition) is 6. The third-order valence-electron chi connectivity index (χ3n) is 5.56. The Morgan fingerprint density at radius 3 is 2.35 bits per heavy atom. The average molecular weight is 443 g/mol. The second kappa shape index (κ2) is 7.78. The Kier molecular flexibility index (Phi) is 5.28. The summed E-state index contributed by atoms with van der Waals surface area (Å²) in [5, 5.41) is 12.1. The smallest absolute Gasteiger partial charge is 0.289 e. The molecule has 0 bridgehead atoms. The molecule has 0 saturated carbocycles. The first-order valence-electron chi connectivity index (χ1n) is 9.73. The highest BCUT2D eigenvalue weighted by Gasteiger charge is 2.35. The number of nitrogens with zero attached hydrogens (tertiary/aromatic N) is 3. The first-order valence-corrected chi connectivity index (χ1v) is 11.2. The molecule has 0 aliphatic carbocycles. The molecule has 0 unspecified atom stereocenters. The summed E-state index contributed by atoms with van der Waals surface area (Å²) < 4.78 is 33.0. The molecule has 0 spiro atoms. The normalized spacial score (nSPS) is 15.4. The molecule has 2 aromatic carbocycles. The molecule has 1 saturated heterocycles. The quantitative estimate of drug-likeness (QED) is 0.452. The lowest BCUT2D eigenvalue weighted by Crippen LogP contribution is -2.50. The van der Waals surface area contributed by atoms with Crippen molar-refractivity contribution in [1.82, 2.24) is 9.21 Å². The van der Waals surface area contributed by atoms with Crippen LogP contribution in [-0.2, 0) is 10.0 Å². The minimum atomic E-state index is -4.06. The molecular weight excluding hydrogens is 422 g/mol. The number of amides is 1. The lowest BCUT2D eigenvalue weighted by Gasteiger charge is -2.33. The molecular formula is C21H21N3O6S. The monoisotopic (exact) mass is 443 g/mol. The standard InChI is InChI=1S/C21H21N3O6S/c1-14-6-5-7-16-15(2)20(30-19(14)16)21(25)22-10-12-23(13-11-22)31(28,29)18-9-4-3-8-17(18)24(26)27/h3-9H,10-13H2,1-2H3. The fourth-order valence-corrected chi connectivity index (χ4v) is 5.41. The number of hydrogen-bond donors (Lipinski definition) is 0. The van der Waals surface area contributed by atoms with Crippen LogP contribution in [0.2, 0.25) is 0 Å². The van der Waals surface area contributed by atoms with Gasteiger partial charge in [-0.25, -0.2) is 8.42 Å². The van der Waals surface area contributed by atoms with Crippen molar-refractivity contribution in [3.8, 4) is 0 Å². The number of carbonyl (C=O) groups is 1. The number of benzene rings is 2. The minimum Gasteiger partial charge on any atom is -0.450 e. The number of para-hydroxylation sites is 2. The van der Waals surface area contributed by atoms with Gasteiger partial charge < -0.3 is 9.32 Å². The van der Waals surface area contributed by atoms with Crippen molar-refractivity contribution < 1.29 is 22.6 Å². The Balaban J connectivity index is 1.54. The van der Waals surface area contributed by atoms with E-state index >= 15 is 0 Å². The van der Waals surface area contributed by atoms with Crippen LogP contribution in [0.15, 0.2) is 51.8 Å². The van der Waals surface area contributed by atoms with E-state index in [9.17, 15) is 23.3 Å². The number of nitro benzene ring substituents is 1. The van der Waals surface area contributed by atoms with E-state index in [1.165, 1.54) is 28.6 Å². The summed E-state index contributed by atoms with van der Waals surface area (Å²) in [6, 6.07) is 11.0. The van der Waals surface area contributed by atoms with Crippen molar-refractivity contribution in [1.29, 1.82) is 0 Å². The Labute approximate surface area is 179 Å². The molecule has 1 fully saturated rings. The van der Waals surface area contributed by atoms with Gasteiger partial charge in [-0.1, -0.05) is 30.3 Å². The van der Waals surface area contributed by atoms with Crippen molar-refractivity contribution >= 4 is 32.6 Å². The van der Waals surface area contributed by atoms with Crippen LogP contribution in [0.25, 0.3) is 11.0 Å². The van der Waals surface area contributed by atoms with Gasteiger partial charge in [0, 0.05) is 43.2 Å². The summed E-state index contributed by atoms with van der Waals surface area (Å²) in [6.07, 6.45) is 0. The number of furan rings is 1. The Bertz CT molecular complexity index is 1290. The van der Waals surface area contributed by atoms with Gasteiger partial charge in [0.25, 0.3) is 11.6 Å². The van der Waals surface area contributed by atoms with Gasteiger partial charge in [0.15, 0.2) is 10.7 Å². The Morgan fingerprint density at radius 2 is 1.71 bits per heavy atom. The third-order valence-corrected chi connectivity index (χ3v) is 7.51. The summed E-state index contributed by atoms with van der Waals surface area (Å²) >= 11 is 0. The van der Waals surface area contributed by atoms with Gasteiger partial charge in [-0.15, -0.1) is 0 Å². The minimum absolute atomic E-state index is 0.0401. The van der Waals surface area contributed by atoms with Crippen LogP contribution in [0.1, 0.15) is 21.7 Å². The van der Waals surface area contributed by atoms with Crippen molar-refractivity contribution in [3.05, 3.63) is 69.5 Å². The second-order valence-corrected chi connectivity index (χ2v) is 9.34. The summed E-state index contributed by atoms with van der Waals surface area (Å²) in [5.41, 5.74) is 1.88. The highest BCUT2D eigenvalue weighted by molar-refractivity contribution is 7.89. The molecule has 3 aromatic rings. The van der Waals surface area contributed by atoms with E-state index in [1.807, 2.05) is 32.0 Å². The van der Waals surface area contributed by atoms with Gasteiger partial charge in [-0.05, 0) is 25.5 Å². The SMILES string of the molecule is Cc1c(C(=O)N2CCN(S(=O)(=O)c3ccccc3[N+](=O)[O-])CC2)oc2c(C)cccc12. The summed E-state index contributed by atoms with van der Waals surface area (Å²) in [6.45, 7) is 4.14. The van der Waals surface area contributed by atoms with Gasteiger partial charge in [-0.3, -0.25) is 14.9 Å². The maximum atomic E-state index is 13.0. The second-order valence-electron chi connectivity index (χ2n) is 7.43. The molecule has 9 nitrogen and oxygen atoms in total. The molecule has 1 aromatic heterocycles. The number of sulfonamides is 1. The van der Waals surface area contributed by atoms with Crippen LogP contribution >= 0.6 is 0 Å². The first kappa shape index (κ1) is 21.0. The van der Waals surface area contributed by atoms with Crippen LogP contribution < -0.4 is 0 Å². The topological polar surface area (TPSA) is 114 Å². The zero-order valence-electron chi connectivity index (χ0n) is 17.1. The summed E-state index contributed by atoms with van der Waals surface area (Å²) in [7, 11) is -4.06. The number of carbonyl (C=O) groups excluding carboxylic acids is 1. The zero-order chi connectivity index (χ0) is 22.3. The third kappa shape index (κ3) is 3.57. The van der Waals surface area contributed by atoms with E-state index in [0.29, 0.717) is 5.58 Å². The number of fused-ring (bicyclic) bond motifs is 1. The lowest BCUT2D eigenvalue weighted by molar-refractivity contribution is -0.387. The largest absolute Gasteiger partial charge is 0.450 e. The van der Waals surface area contributed by atoms with E-state index in [-0.39, 0.29) is 42.7 Å². The molecule has 1 aliphatic heterocycles. The molecule has 1 aliphatic rings. The lowest BCUT2D eigenvalue weighted by atomic mass is 10.1. The number of aryl methyl sites for hydroxylation is 2. The highest BCUT2D eigenvalue weighted by Crippen LogP contribution is 2.30. The van der Waals surface area contributed by atoms with E-state index in [4.69, 9.17) is 4.42 Å². The molecule has 0 radical (unpaired) electrons. The number of rotatable bonds is 4. The summed E-state index contributed by atoms with van der Waals surface area (Å²) in [4.78, 5) is 24.8. The molecule has 162 valence electrons. The summed E-state index contributed by atoms with van der Waals surface area (Å²) in [5.74, 6) is -0.0462. The van der Waals surface area contributed by atoms with Crippen molar-refractivity contribution in [3.63, 3.8) is 0 Å². The molecule has 10 heteroatoms. The highest BCUT2D eigenvalue weighted by atomic mass is 32.2. The predicted octanol–water partition coefficient (Wildman–Crippen LogP) is 3.10. The maximum Gasteiger partial charge on any atom is 0.289 e. The molecule has 0 atom stereocenters. The fourth-order valence-electron chi connectivity index (χ4n) is 3.83. The van der Waals surface area contributed by atoms with Gasteiger partial charge in [0.2, 0.25) is 10.0 Å². The molecule has 1 amide bonds. The van der Waals surface area contributed by atoms with Crippen molar-refractivity contribution in [2.24, 2.45) is 0 Å². The Morgan fingerprint density at radius 1 is 1.03 bits per heavy atom. The maximum absolute atomic E-state index is 13.0.